The second-order valence-electron chi connectivity index (χ2n) is 4.57. The maximum Gasteiger partial charge on any atom is -0.0331 e. The predicted octanol–water partition coefficient (Wildman–Crippen LogP) is 4.64. The molecular weight excluding hydrogens is 144 g/mol. The van der Waals surface area contributed by atoms with E-state index in [2.05, 4.69) is 34.6 Å². The lowest BCUT2D eigenvalue weighted by Crippen LogP contribution is -2.14. The van der Waals surface area contributed by atoms with Crippen LogP contribution in [0.25, 0.3) is 0 Å². The lowest BCUT2D eigenvalue weighted by atomic mass is 9.78. The molecule has 0 radical (unpaired) electrons. The first-order valence-electron chi connectivity index (χ1n) is 5.58. The topological polar surface area (TPSA) is 0 Å². The molecule has 0 rings (SSSR count). The number of rotatable bonds is 6. The van der Waals surface area contributed by atoms with Crippen molar-refractivity contribution in [2.45, 2.75) is 66.7 Å². The molecule has 1 unspecified atom stereocenters. The van der Waals surface area contributed by atoms with Crippen LogP contribution in [0.15, 0.2) is 0 Å². The van der Waals surface area contributed by atoms with Crippen LogP contribution in [0.3, 0.4) is 0 Å². The maximum absolute atomic E-state index is 2.43. The second-order valence-corrected chi connectivity index (χ2v) is 4.57. The highest BCUT2D eigenvalue weighted by atomic mass is 14.2. The summed E-state index contributed by atoms with van der Waals surface area (Å²) >= 11 is 0. The molecule has 0 aliphatic heterocycles. The first kappa shape index (κ1) is 12.0. The van der Waals surface area contributed by atoms with Gasteiger partial charge in [-0.25, -0.2) is 0 Å². The fraction of sp³-hybridized carbons (Fsp3) is 1.00. The Morgan fingerprint density at radius 1 is 1.08 bits per heavy atom. The molecule has 0 aromatic heterocycles. The molecule has 0 spiro atoms. The Morgan fingerprint density at radius 2 is 1.58 bits per heavy atom. The van der Waals surface area contributed by atoms with Gasteiger partial charge in [-0.15, -0.1) is 0 Å². The Balaban J connectivity index is 3.72. The molecule has 0 N–H and O–H groups in total. The van der Waals surface area contributed by atoms with Gasteiger partial charge in [-0.3, -0.25) is 0 Å². The van der Waals surface area contributed by atoms with Crippen LogP contribution in [0, 0.1) is 11.3 Å². The first-order chi connectivity index (χ1) is 5.58. The van der Waals surface area contributed by atoms with E-state index in [-0.39, 0.29) is 0 Å². The molecule has 0 aromatic carbocycles. The fourth-order valence-electron chi connectivity index (χ4n) is 1.40. The van der Waals surface area contributed by atoms with Crippen molar-refractivity contribution in [1.29, 1.82) is 0 Å². The van der Waals surface area contributed by atoms with E-state index in [0.717, 1.165) is 5.92 Å². The summed E-state index contributed by atoms with van der Waals surface area (Å²) in [5, 5.41) is 0. The molecule has 0 saturated heterocycles. The molecule has 12 heavy (non-hydrogen) atoms. The average molecular weight is 170 g/mol. The molecule has 0 amide bonds. The molecule has 74 valence electrons. The molecule has 0 heteroatoms. The highest BCUT2D eigenvalue weighted by Crippen LogP contribution is 2.32. The van der Waals surface area contributed by atoms with E-state index in [1.807, 2.05) is 0 Å². The van der Waals surface area contributed by atoms with Gasteiger partial charge in [0, 0.05) is 0 Å². The van der Waals surface area contributed by atoms with Gasteiger partial charge in [0.25, 0.3) is 0 Å². The molecule has 0 nitrogen and oxygen atoms in total. The molecule has 0 aliphatic rings. The van der Waals surface area contributed by atoms with Gasteiger partial charge < -0.3 is 0 Å². The van der Waals surface area contributed by atoms with Crippen LogP contribution in [0.5, 0.6) is 0 Å². The highest BCUT2D eigenvalue weighted by molar-refractivity contribution is 4.71. The fourth-order valence-corrected chi connectivity index (χ4v) is 1.40. The standard InChI is InChI=1S/C12H26/c1-6-11(4)9-10-12(5,7-2)8-3/h11H,6-10H2,1-5H3. The van der Waals surface area contributed by atoms with E-state index < -0.39 is 0 Å². The summed E-state index contributed by atoms with van der Waals surface area (Å²) in [4.78, 5) is 0. The highest BCUT2D eigenvalue weighted by Gasteiger charge is 2.19. The lowest BCUT2D eigenvalue weighted by Gasteiger charge is -2.27. The minimum Gasteiger partial charge on any atom is -0.0651 e. The summed E-state index contributed by atoms with van der Waals surface area (Å²) in [7, 11) is 0. The van der Waals surface area contributed by atoms with Crippen LogP contribution in [0.2, 0.25) is 0 Å². The molecule has 0 bridgehead atoms. The third kappa shape index (κ3) is 4.13. The minimum atomic E-state index is 0.615. The summed E-state index contributed by atoms with van der Waals surface area (Å²) in [5.74, 6) is 0.919. The Bertz CT molecular complexity index is 101. The number of hydrogen-bond acceptors (Lipinski definition) is 0. The monoisotopic (exact) mass is 170 g/mol. The van der Waals surface area contributed by atoms with E-state index in [9.17, 15) is 0 Å². The summed E-state index contributed by atoms with van der Waals surface area (Å²) in [6.45, 7) is 11.7. The van der Waals surface area contributed by atoms with Gasteiger partial charge in [0.1, 0.15) is 0 Å². The van der Waals surface area contributed by atoms with Gasteiger partial charge in [0.2, 0.25) is 0 Å². The molecule has 0 aliphatic carbocycles. The first-order valence-corrected chi connectivity index (χ1v) is 5.58. The van der Waals surface area contributed by atoms with Crippen LogP contribution in [-0.2, 0) is 0 Å². The van der Waals surface area contributed by atoms with E-state index >= 15 is 0 Å². The van der Waals surface area contributed by atoms with Crippen molar-refractivity contribution in [2.75, 3.05) is 0 Å². The zero-order chi connectivity index (χ0) is 9.61. The van der Waals surface area contributed by atoms with Gasteiger partial charge in [0.15, 0.2) is 0 Å². The van der Waals surface area contributed by atoms with Crippen molar-refractivity contribution in [1.82, 2.24) is 0 Å². The SMILES string of the molecule is CCC(C)CCC(C)(CC)CC. The van der Waals surface area contributed by atoms with Gasteiger partial charge in [-0.1, -0.05) is 60.3 Å². The van der Waals surface area contributed by atoms with Crippen molar-refractivity contribution in [3.63, 3.8) is 0 Å². The van der Waals surface area contributed by atoms with Gasteiger partial charge in [0.05, 0.1) is 0 Å². The largest absolute Gasteiger partial charge is 0.0651 e. The van der Waals surface area contributed by atoms with Crippen LogP contribution in [0.1, 0.15) is 66.7 Å². The van der Waals surface area contributed by atoms with Crippen molar-refractivity contribution in [3.8, 4) is 0 Å². The smallest absolute Gasteiger partial charge is 0.0331 e. The third-order valence-electron chi connectivity index (χ3n) is 3.64. The summed E-state index contributed by atoms with van der Waals surface area (Å²) in [6, 6.07) is 0. The van der Waals surface area contributed by atoms with Crippen LogP contribution in [0.4, 0.5) is 0 Å². The molecule has 0 saturated carbocycles. The Morgan fingerprint density at radius 3 is 1.92 bits per heavy atom. The maximum atomic E-state index is 2.43. The zero-order valence-electron chi connectivity index (χ0n) is 9.61. The van der Waals surface area contributed by atoms with Crippen molar-refractivity contribution >= 4 is 0 Å². The van der Waals surface area contributed by atoms with E-state index in [4.69, 9.17) is 0 Å². The molecule has 0 aromatic rings. The Hall–Kier alpha value is 0. The predicted molar refractivity (Wildman–Crippen MR) is 57.4 cm³/mol. The third-order valence-corrected chi connectivity index (χ3v) is 3.64. The summed E-state index contributed by atoms with van der Waals surface area (Å²) < 4.78 is 0. The Kier molecular flexibility index (Phi) is 5.61. The normalized spacial score (nSPS) is 14.8. The van der Waals surface area contributed by atoms with Gasteiger partial charge >= 0.3 is 0 Å². The van der Waals surface area contributed by atoms with E-state index in [1.165, 1.54) is 32.1 Å². The lowest BCUT2D eigenvalue weighted by molar-refractivity contribution is 0.246. The van der Waals surface area contributed by atoms with Crippen LogP contribution < -0.4 is 0 Å². The quantitative estimate of drug-likeness (QED) is 0.545. The van der Waals surface area contributed by atoms with E-state index in [1.54, 1.807) is 0 Å². The average Bonchev–Trinajstić information content (AvgIpc) is 2.13. The zero-order valence-corrected chi connectivity index (χ0v) is 9.61. The summed E-state index contributed by atoms with van der Waals surface area (Å²) in [6.07, 6.45) is 6.83. The van der Waals surface area contributed by atoms with Gasteiger partial charge in [-0.2, -0.15) is 0 Å². The van der Waals surface area contributed by atoms with Crippen LogP contribution in [-0.4, -0.2) is 0 Å². The molecule has 0 fully saturated rings. The number of hydrogen-bond donors (Lipinski definition) is 0. The Labute approximate surface area is 78.8 Å². The summed E-state index contributed by atoms with van der Waals surface area (Å²) in [5.41, 5.74) is 0.615. The molecular formula is C12H26. The van der Waals surface area contributed by atoms with E-state index in [0.29, 0.717) is 5.41 Å². The second kappa shape index (κ2) is 5.61. The van der Waals surface area contributed by atoms with Crippen molar-refractivity contribution in [2.24, 2.45) is 11.3 Å². The van der Waals surface area contributed by atoms with Crippen molar-refractivity contribution in [3.05, 3.63) is 0 Å². The minimum absolute atomic E-state index is 0.615. The van der Waals surface area contributed by atoms with Gasteiger partial charge in [-0.05, 0) is 17.8 Å². The van der Waals surface area contributed by atoms with Crippen LogP contribution >= 0.6 is 0 Å². The molecule has 0 heterocycles. The van der Waals surface area contributed by atoms with Crippen molar-refractivity contribution < 1.29 is 0 Å². The molecule has 1 atom stereocenters.